The lowest BCUT2D eigenvalue weighted by Gasteiger charge is -2.19. The third-order valence-corrected chi connectivity index (χ3v) is 4.03. The summed E-state index contributed by atoms with van der Waals surface area (Å²) in [6.07, 6.45) is 0.433. The summed E-state index contributed by atoms with van der Waals surface area (Å²) in [5, 5.41) is 9.23. The summed E-state index contributed by atoms with van der Waals surface area (Å²) >= 11 is 0. The fourth-order valence-corrected chi connectivity index (χ4v) is 2.56. The largest absolute Gasteiger partial charge is 0.481 e. The summed E-state index contributed by atoms with van der Waals surface area (Å²) in [7, 11) is 0. The Kier molecular flexibility index (Phi) is 3.82. The van der Waals surface area contributed by atoms with Crippen LogP contribution in [0.4, 0.5) is 0 Å². The molecule has 0 spiro atoms. The molecule has 6 nitrogen and oxygen atoms in total. The number of carbonyl (C=O) groups is 2. The third kappa shape index (κ3) is 3.06. The lowest BCUT2D eigenvalue weighted by atomic mass is 9.90. The second-order valence-corrected chi connectivity index (χ2v) is 5.88. The Bertz CT molecular complexity index is 724. The number of carboxylic acids is 1. The van der Waals surface area contributed by atoms with Gasteiger partial charge in [0, 0.05) is 19.2 Å². The molecular formula is C17H17NO5. The van der Waals surface area contributed by atoms with E-state index >= 15 is 0 Å². The molecule has 3 rings (SSSR count). The number of rotatable bonds is 4. The molecule has 1 N–H and O–H groups in total. The summed E-state index contributed by atoms with van der Waals surface area (Å²) in [5.41, 5.74) is -0.897. The van der Waals surface area contributed by atoms with Crippen molar-refractivity contribution in [1.29, 1.82) is 0 Å². The highest BCUT2D eigenvalue weighted by molar-refractivity contribution is 5.92. The highest BCUT2D eigenvalue weighted by atomic mass is 16.6. The van der Waals surface area contributed by atoms with Gasteiger partial charge >= 0.3 is 5.97 Å². The van der Waals surface area contributed by atoms with Crippen molar-refractivity contribution >= 4 is 11.9 Å². The van der Waals surface area contributed by atoms with Gasteiger partial charge in [0.05, 0.1) is 5.41 Å². The minimum Gasteiger partial charge on any atom is -0.481 e. The maximum Gasteiger partial charge on any atom is 0.311 e. The number of ether oxygens (including phenoxy) is 1. The van der Waals surface area contributed by atoms with Crippen LogP contribution in [0, 0.1) is 5.41 Å². The number of amides is 1. The van der Waals surface area contributed by atoms with Gasteiger partial charge in [-0.3, -0.25) is 9.59 Å². The minimum absolute atomic E-state index is 0.144. The van der Waals surface area contributed by atoms with Gasteiger partial charge in [-0.05, 0) is 31.5 Å². The van der Waals surface area contributed by atoms with Gasteiger partial charge in [-0.15, -0.1) is 0 Å². The van der Waals surface area contributed by atoms with Crippen LogP contribution in [0.25, 0.3) is 0 Å². The second kappa shape index (κ2) is 5.79. The van der Waals surface area contributed by atoms with Crippen LogP contribution in [0.1, 0.15) is 23.9 Å². The molecule has 6 heteroatoms. The van der Waals surface area contributed by atoms with E-state index in [0.717, 1.165) is 0 Å². The average Bonchev–Trinajstić information content (AvgIpc) is 3.15. The fourth-order valence-electron chi connectivity index (χ4n) is 2.56. The number of furan rings is 1. The molecule has 1 aromatic carbocycles. The monoisotopic (exact) mass is 315 g/mol. The van der Waals surface area contributed by atoms with E-state index in [1.807, 2.05) is 18.2 Å². The second-order valence-electron chi connectivity index (χ2n) is 5.88. The zero-order valence-corrected chi connectivity index (χ0v) is 12.7. The zero-order valence-electron chi connectivity index (χ0n) is 12.7. The van der Waals surface area contributed by atoms with Gasteiger partial charge in [0.2, 0.25) is 0 Å². The highest BCUT2D eigenvalue weighted by Gasteiger charge is 2.42. The number of benzene rings is 1. The molecule has 0 bridgehead atoms. The maximum absolute atomic E-state index is 12.4. The van der Waals surface area contributed by atoms with Crippen molar-refractivity contribution in [1.82, 2.24) is 4.90 Å². The van der Waals surface area contributed by atoms with Crippen molar-refractivity contribution in [3.8, 4) is 11.7 Å². The van der Waals surface area contributed by atoms with Crippen LogP contribution >= 0.6 is 0 Å². The number of nitrogens with zero attached hydrogens (tertiary/aromatic N) is 1. The SMILES string of the molecule is C[C@@]1(C(=O)O)CCN(C(=O)c2ccc(Oc3ccccc3)o2)C1. The van der Waals surface area contributed by atoms with Crippen molar-refractivity contribution in [2.75, 3.05) is 13.1 Å². The Balaban J connectivity index is 1.69. The van der Waals surface area contributed by atoms with Crippen LogP contribution in [0.15, 0.2) is 46.9 Å². The molecule has 1 amide bonds. The van der Waals surface area contributed by atoms with E-state index < -0.39 is 11.4 Å². The van der Waals surface area contributed by atoms with Gasteiger partial charge in [-0.2, -0.15) is 0 Å². The smallest absolute Gasteiger partial charge is 0.311 e. The summed E-state index contributed by atoms with van der Waals surface area (Å²) in [6, 6.07) is 12.2. The molecule has 0 radical (unpaired) electrons. The Morgan fingerprint density at radius 2 is 1.96 bits per heavy atom. The number of carbonyl (C=O) groups excluding carboxylic acids is 1. The quantitative estimate of drug-likeness (QED) is 0.938. The summed E-state index contributed by atoms with van der Waals surface area (Å²) in [5.74, 6) is -0.232. The number of aliphatic carboxylic acids is 1. The first kappa shape index (κ1) is 15.1. The molecule has 1 atom stereocenters. The van der Waals surface area contributed by atoms with Crippen LogP contribution in [-0.4, -0.2) is 35.0 Å². The maximum atomic E-state index is 12.4. The van der Waals surface area contributed by atoms with Crippen LogP contribution in [0.5, 0.6) is 11.7 Å². The fraction of sp³-hybridized carbons (Fsp3) is 0.294. The molecule has 120 valence electrons. The van der Waals surface area contributed by atoms with Gasteiger partial charge < -0.3 is 19.2 Å². The molecule has 1 saturated heterocycles. The summed E-state index contributed by atoms with van der Waals surface area (Å²) < 4.78 is 10.9. The standard InChI is InChI=1S/C17H17NO5/c1-17(16(20)21)9-10-18(11-17)15(19)13-7-8-14(23-13)22-12-5-3-2-4-6-12/h2-8H,9-11H2,1H3,(H,20,21)/t17-/m1/s1. The summed E-state index contributed by atoms with van der Waals surface area (Å²) in [4.78, 5) is 25.2. The van der Waals surface area contributed by atoms with E-state index in [2.05, 4.69) is 0 Å². The van der Waals surface area contributed by atoms with Crippen LogP contribution < -0.4 is 4.74 Å². The van der Waals surface area contributed by atoms with E-state index in [0.29, 0.717) is 18.7 Å². The number of hydrogen-bond acceptors (Lipinski definition) is 4. The van der Waals surface area contributed by atoms with E-state index in [-0.39, 0.29) is 24.2 Å². The van der Waals surface area contributed by atoms with Crippen molar-refractivity contribution in [2.45, 2.75) is 13.3 Å². The van der Waals surface area contributed by atoms with Gasteiger partial charge in [0.25, 0.3) is 11.9 Å². The Morgan fingerprint density at radius 1 is 1.22 bits per heavy atom. The van der Waals surface area contributed by atoms with Gasteiger partial charge in [-0.1, -0.05) is 18.2 Å². The van der Waals surface area contributed by atoms with Crippen molar-refractivity contribution in [3.05, 3.63) is 48.2 Å². The number of hydrogen-bond donors (Lipinski definition) is 1. The van der Waals surface area contributed by atoms with Gasteiger partial charge in [-0.25, -0.2) is 0 Å². The predicted octanol–water partition coefficient (Wildman–Crippen LogP) is 3.01. The number of para-hydroxylation sites is 1. The lowest BCUT2D eigenvalue weighted by Crippen LogP contribution is -2.34. The first-order valence-electron chi connectivity index (χ1n) is 7.33. The van der Waals surface area contributed by atoms with Crippen LogP contribution in [0.2, 0.25) is 0 Å². The third-order valence-electron chi connectivity index (χ3n) is 4.03. The molecule has 0 aliphatic carbocycles. The molecule has 0 unspecified atom stereocenters. The molecule has 1 aliphatic rings. The normalized spacial score (nSPS) is 20.5. The Hall–Kier alpha value is -2.76. The molecule has 23 heavy (non-hydrogen) atoms. The topological polar surface area (TPSA) is 80.0 Å². The molecule has 1 fully saturated rings. The first-order valence-corrected chi connectivity index (χ1v) is 7.33. The number of carboxylic acid groups (broad SMARTS) is 1. The van der Waals surface area contributed by atoms with E-state index in [9.17, 15) is 14.7 Å². The average molecular weight is 315 g/mol. The van der Waals surface area contributed by atoms with Crippen molar-refractivity contribution in [2.24, 2.45) is 5.41 Å². The highest BCUT2D eigenvalue weighted by Crippen LogP contribution is 2.32. The molecule has 1 aliphatic heterocycles. The predicted molar refractivity (Wildman–Crippen MR) is 81.5 cm³/mol. The zero-order chi connectivity index (χ0) is 16.4. The molecule has 2 heterocycles. The Labute approximate surface area is 133 Å². The van der Waals surface area contributed by atoms with Crippen molar-refractivity contribution in [3.63, 3.8) is 0 Å². The van der Waals surface area contributed by atoms with E-state index in [1.165, 1.54) is 11.0 Å². The van der Waals surface area contributed by atoms with Crippen LogP contribution in [0.3, 0.4) is 0 Å². The lowest BCUT2D eigenvalue weighted by molar-refractivity contribution is -0.147. The minimum atomic E-state index is -0.897. The number of likely N-dealkylation sites (tertiary alicyclic amines) is 1. The van der Waals surface area contributed by atoms with Crippen molar-refractivity contribution < 1.29 is 23.8 Å². The first-order chi connectivity index (χ1) is 11.0. The van der Waals surface area contributed by atoms with E-state index in [1.54, 1.807) is 25.1 Å². The molecule has 0 saturated carbocycles. The molecular weight excluding hydrogens is 298 g/mol. The van der Waals surface area contributed by atoms with Gasteiger partial charge in [0.15, 0.2) is 5.76 Å². The van der Waals surface area contributed by atoms with Crippen LogP contribution in [-0.2, 0) is 4.79 Å². The summed E-state index contributed by atoms with van der Waals surface area (Å²) in [6.45, 7) is 2.22. The molecule has 1 aromatic heterocycles. The van der Waals surface area contributed by atoms with Gasteiger partial charge in [0.1, 0.15) is 5.75 Å². The molecule has 2 aromatic rings. The van der Waals surface area contributed by atoms with E-state index in [4.69, 9.17) is 9.15 Å². The Morgan fingerprint density at radius 3 is 2.61 bits per heavy atom.